The van der Waals surface area contributed by atoms with Crippen LogP contribution in [0.1, 0.15) is 19.5 Å². The molecule has 0 aliphatic rings. The summed E-state index contributed by atoms with van der Waals surface area (Å²) in [5.74, 6) is 2.18. The highest BCUT2D eigenvalue weighted by Gasteiger charge is 2.12. The SMILES string of the molecule is COc1ccc(Br)cc1-c1nc(CSc2nnc(NCC(C)C)s2)cs1. The topological polar surface area (TPSA) is 59.9 Å². The van der Waals surface area contributed by atoms with Crippen LogP contribution in [0.5, 0.6) is 5.75 Å². The monoisotopic (exact) mass is 470 g/mol. The first-order valence-corrected chi connectivity index (χ1v) is 11.5. The number of thioether (sulfide) groups is 1. The highest BCUT2D eigenvalue weighted by molar-refractivity contribution is 9.10. The quantitative estimate of drug-likeness (QED) is 0.420. The number of aromatic nitrogens is 3. The van der Waals surface area contributed by atoms with Crippen molar-refractivity contribution in [3.63, 3.8) is 0 Å². The van der Waals surface area contributed by atoms with Gasteiger partial charge in [0.1, 0.15) is 10.8 Å². The van der Waals surface area contributed by atoms with Gasteiger partial charge in [0.2, 0.25) is 5.13 Å². The third-order valence-corrected chi connectivity index (χ3v) is 6.82. The number of rotatable bonds is 8. The van der Waals surface area contributed by atoms with Crippen molar-refractivity contribution in [2.24, 2.45) is 5.92 Å². The Bertz CT molecular complexity index is 865. The van der Waals surface area contributed by atoms with Gasteiger partial charge < -0.3 is 10.1 Å². The maximum atomic E-state index is 5.45. The van der Waals surface area contributed by atoms with Crippen molar-refractivity contribution in [3.05, 3.63) is 33.7 Å². The Kier molecular flexibility index (Phi) is 6.91. The van der Waals surface area contributed by atoms with E-state index in [-0.39, 0.29) is 0 Å². The van der Waals surface area contributed by atoms with Crippen LogP contribution in [0.15, 0.2) is 32.4 Å². The third kappa shape index (κ3) is 5.18. The molecule has 2 heterocycles. The molecule has 0 amide bonds. The average molecular weight is 471 g/mol. The Labute approximate surface area is 173 Å². The summed E-state index contributed by atoms with van der Waals surface area (Å²) < 4.78 is 7.41. The van der Waals surface area contributed by atoms with Crippen molar-refractivity contribution in [3.8, 4) is 16.3 Å². The van der Waals surface area contributed by atoms with Gasteiger partial charge in [0.25, 0.3) is 0 Å². The molecule has 26 heavy (non-hydrogen) atoms. The van der Waals surface area contributed by atoms with Gasteiger partial charge in [0.15, 0.2) is 4.34 Å². The molecule has 2 aromatic heterocycles. The maximum absolute atomic E-state index is 5.45. The zero-order chi connectivity index (χ0) is 18.5. The van der Waals surface area contributed by atoms with Crippen LogP contribution in [0.3, 0.4) is 0 Å². The van der Waals surface area contributed by atoms with Crippen LogP contribution in [0, 0.1) is 5.92 Å². The summed E-state index contributed by atoms with van der Waals surface area (Å²) in [6, 6.07) is 5.95. The van der Waals surface area contributed by atoms with E-state index in [0.717, 1.165) is 48.3 Å². The Morgan fingerprint density at radius 2 is 2.15 bits per heavy atom. The minimum absolute atomic E-state index is 0.582. The molecule has 5 nitrogen and oxygen atoms in total. The highest BCUT2D eigenvalue weighted by atomic mass is 79.9. The lowest BCUT2D eigenvalue weighted by molar-refractivity contribution is 0.416. The van der Waals surface area contributed by atoms with Crippen LogP contribution in [0.4, 0.5) is 5.13 Å². The molecule has 3 rings (SSSR count). The summed E-state index contributed by atoms with van der Waals surface area (Å²) >= 11 is 8.38. The average Bonchev–Trinajstić information content (AvgIpc) is 3.27. The summed E-state index contributed by atoms with van der Waals surface area (Å²) in [4.78, 5) is 4.75. The van der Waals surface area contributed by atoms with Gasteiger partial charge in [0, 0.05) is 22.2 Å². The van der Waals surface area contributed by atoms with E-state index < -0.39 is 0 Å². The lowest BCUT2D eigenvalue weighted by Gasteiger charge is -2.06. The van der Waals surface area contributed by atoms with Crippen molar-refractivity contribution < 1.29 is 4.74 Å². The van der Waals surface area contributed by atoms with Crippen molar-refractivity contribution >= 4 is 55.5 Å². The van der Waals surface area contributed by atoms with Crippen molar-refractivity contribution in [2.75, 3.05) is 19.0 Å². The number of ether oxygens (including phenoxy) is 1. The third-order valence-electron chi connectivity index (χ3n) is 3.36. The number of methoxy groups -OCH3 is 1. The lowest BCUT2D eigenvalue weighted by atomic mass is 10.2. The Hall–Kier alpha value is -1.16. The number of anilines is 1. The van der Waals surface area contributed by atoms with E-state index in [2.05, 4.69) is 50.7 Å². The number of hydrogen-bond donors (Lipinski definition) is 1. The van der Waals surface area contributed by atoms with E-state index in [4.69, 9.17) is 9.72 Å². The molecule has 1 N–H and O–H groups in total. The molecule has 0 atom stereocenters. The van der Waals surface area contributed by atoms with E-state index in [1.54, 1.807) is 41.5 Å². The fourth-order valence-corrected chi connectivity index (χ4v) is 5.07. The van der Waals surface area contributed by atoms with Gasteiger partial charge in [-0.25, -0.2) is 4.98 Å². The zero-order valence-corrected chi connectivity index (χ0v) is 18.7. The fourth-order valence-electron chi connectivity index (χ4n) is 2.11. The maximum Gasteiger partial charge on any atom is 0.206 e. The number of halogens is 1. The molecule has 0 saturated carbocycles. The molecule has 0 aliphatic heterocycles. The summed E-state index contributed by atoms with van der Waals surface area (Å²) in [6.45, 7) is 5.25. The van der Waals surface area contributed by atoms with Crippen LogP contribution in [-0.2, 0) is 5.75 Å². The van der Waals surface area contributed by atoms with Gasteiger partial charge in [0.05, 0.1) is 18.4 Å². The smallest absolute Gasteiger partial charge is 0.206 e. The predicted molar refractivity (Wildman–Crippen MR) is 115 cm³/mol. The summed E-state index contributed by atoms with van der Waals surface area (Å²) in [5, 5.41) is 15.6. The van der Waals surface area contributed by atoms with Gasteiger partial charge in [-0.3, -0.25) is 0 Å². The molecule has 9 heteroatoms. The normalized spacial score (nSPS) is 11.1. The standard InChI is InChI=1S/C17H19BrN4OS3/c1-10(2)7-19-16-21-22-17(26-16)25-9-12-8-24-15(20-12)13-6-11(18)4-5-14(13)23-3/h4-6,8,10H,7,9H2,1-3H3,(H,19,21). The molecule has 0 spiro atoms. The molecule has 0 saturated heterocycles. The number of nitrogens with zero attached hydrogens (tertiary/aromatic N) is 3. The van der Waals surface area contributed by atoms with Crippen LogP contribution < -0.4 is 10.1 Å². The van der Waals surface area contributed by atoms with Gasteiger partial charge >= 0.3 is 0 Å². The van der Waals surface area contributed by atoms with Crippen molar-refractivity contribution in [1.29, 1.82) is 0 Å². The van der Waals surface area contributed by atoms with Gasteiger partial charge in [-0.2, -0.15) is 0 Å². The molecule has 138 valence electrons. The lowest BCUT2D eigenvalue weighted by Crippen LogP contribution is -2.07. The van der Waals surface area contributed by atoms with Gasteiger partial charge in [-0.1, -0.05) is 52.9 Å². The molecule has 1 aromatic carbocycles. The first-order chi connectivity index (χ1) is 12.5. The predicted octanol–water partition coefficient (Wildman–Crippen LogP) is 5.79. The van der Waals surface area contributed by atoms with Crippen molar-refractivity contribution in [2.45, 2.75) is 23.9 Å². The Morgan fingerprint density at radius 3 is 2.92 bits per heavy atom. The molecule has 0 fully saturated rings. The number of nitrogens with one attached hydrogen (secondary N) is 1. The van der Waals surface area contributed by atoms with Gasteiger partial charge in [-0.05, 0) is 24.1 Å². The number of hydrogen-bond acceptors (Lipinski definition) is 8. The van der Waals surface area contributed by atoms with E-state index in [1.165, 1.54) is 0 Å². The second-order valence-corrected chi connectivity index (χ2v) is 9.90. The zero-order valence-electron chi connectivity index (χ0n) is 14.7. The summed E-state index contributed by atoms with van der Waals surface area (Å²) in [5.41, 5.74) is 2.03. The molecule has 0 unspecified atom stereocenters. The van der Waals surface area contributed by atoms with Crippen LogP contribution in [0.2, 0.25) is 0 Å². The van der Waals surface area contributed by atoms with E-state index in [9.17, 15) is 0 Å². The minimum Gasteiger partial charge on any atom is -0.496 e. The van der Waals surface area contributed by atoms with E-state index in [1.807, 2.05) is 18.2 Å². The fraction of sp³-hybridized carbons (Fsp3) is 0.353. The van der Waals surface area contributed by atoms with Crippen LogP contribution >= 0.6 is 50.4 Å². The van der Waals surface area contributed by atoms with E-state index in [0.29, 0.717) is 5.92 Å². The Morgan fingerprint density at radius 1 is 1.31 bits per heavy atom. The Balaban J connectivity index is 1.63. The summed E-state index contributed by atoms with van der Waals surface area (Å²) in [6.07, 6.45) is 0. The van der Waals surface area contributed by atoms with Crippen LogP contribution in [-0.4, -0.2) is 28.8 Å². The molecule has 0 bridgehead atoms. The highest BCUT2D eigenvalue weighted by Crippen LogP contribution is 2.36. The van der Waals surface area contributed by atoms with Crippen LogP contribution in [0.25, 0.3) is 10.6 Å². The summed E-state index contributed by atoms with van der Waals surface area (Å²) in [7, 11) is 1.68. The largest absolute Gasteiger partial charge is 0.496 e. The first kappa shape index (κ1) is 19.6. The molecule has 0 radical (unpaired) electrons. The molecular formula is C17H19BrN4OS3. The number of benzene rings is 1. The van der Waals surface area contributed by atoms with Gasteiger partial charge in [-0.15, -0.1) is 21.5 Å². The first-order valence-electron chi connectivity index (χ1n) is 8.03. The van der Waals surface area contributed by atoms with Crippen molar-refractivity contribution in [1.82, 2.24) is 15.2 Å². The second-order valence-electron chi connectivity index (χ2n) is 5.93. The molecular weight excluding hydrogens is 452 g/mol. The minimum atomic E-state index is 0.582. The molecule has 3 aromatic rings. The van der Waals surface area contributed by atoms with E-state index >= 15 is 0 Å². The second kappa shape index (κ2) is 9.16. The number of thiazole rings is 1. The molecule has 0 aliphatic carbocycles.